The number of amides is 2. The first-order valence-corrected chi connectivity index (χ1v) is 11.8. The summed E-state index contributed by atoms with van der Waals surface area (Å²) in [5.41, 5.74) is 4.47. The molecular weight excluding hydrogens is 405 g/mol. The topological polar surface area (TPSA) is 52.7 Å². The van der Waals surface area contributed by atoms with E-state index in [0.717, 1.165) is 60.8 Å². The lowest BCUT2D eigenvalue weighted by Gasteiger charge is -2.37. The van der Waals surface area contributed by atoms with E-state index in [1.807, 2.05) is 24.3 Å². The molecule has 2 aromatic rings. The van der Waals surface area contributed by atoms with Crippen molar-refractivity contribution in [3.05, 3.63) is 59.2 Å². The Morgan fingerprint density at radius 2 is 1.78 bits per heavy atom. The molecule has 2 amide bonds. The van der Waals surface area contributed by atoms with Gasteiger partial charge in [0.25, 0.3) is 11.8 Å². The molecule has 0 unspecified atom stereocenters. The van der Waals surface area contributed by atoms with Crippen molar-refractivity contribution in [3.8, 4) is 11.1 Å². The summed E-state index contributed by atoms with van der Waals surface area (Å²) in [6, 6.07) is 14.5. The van der Waals surface area contributed by atoms with Crippen LogP contribution in [-0.2, 0) is 6.42 Å². The normalized spacial score (nSPS) is 21.3. The molecule has 2 aromatic carbocycles. The van der Waals surface area contributed by atoms with Gasteiger partial charge in [-0.3, -0.25) is 14.5 Å². The van der Waals surface area contributed by atoms with Gasteiger partial charge in [-0.05, 0) is 60.6 Å². The van der Waals surface area contributed by atoms with E-state index in [9.17, 15) is 14.0 Å². The fourth-order valence-corrected chi connectivity index (χ4v) is 5.22. The highest BCUT2D eigenvalue weighted by atomic mass is 19.1. The van der Waals surface area contributed by atoms with Crippen LogP contribution in [0.1, 0.15) is 52.0 Å². The molecule has 1 atom stereocenters. The maximum Gasteiger partial charge on any atom is 0.254 e. The number of nitrogens with one attached hydrogen (secondary N) is 1. The van der Waals surface area contributed by atoms with Crippen LogP contribution in [0.2, 0.25) is 0 Å². The first-order chi connectivity index (χ1) is 15.6. The fourth-order valence-electron chi connectivity index (χ4n) is 5.22. The van der Waals surface area contributed by atoms with Gasteiger partial charge in [-0.25, -0.2) is 4.39 Å². The maximum absolute atomic E-state index is 13.3. The molecule has 32 heavy (non-hydrogen) atoms. The zero-order valence-corrected chi connectivity index (χ0v) is 18.4. The number of halogens is 1. The summed E-state index contributed by atoms with van der Waals surface area (Å²) in [5, 5.41) is 2.54. The molecule has 3 aliphatic rings. The number of hydrogen-bond donors (Lipinski definition) is 1. The van der Waals surface area contributed by atoms with Crippen molar-refractivity contribution in [2.75, 3.05) is 32.9 Å². The van der Waals surface area contributed by atoms with Crippen molar-refractivity contribution in [3.63, 3.8) is 0 Å². The minimum absolute atomic E-state index is 0.0237. The number of carbonyl (C=O) groups excluding carboxylic acids is 2. The van der Waals surface area contributed by atoms with Gasteiger partial charge in [0.05, 0.1) is 0 Å². The van der Waals surface area contributed by atoms with Crippen LogP contribution < -0.4 is 5.32 Å². The second-order valence-corrected chi connectivity index (χ2v) is 9.16. The average Bonchev–Trinajstić information content (AvgIpc) is 3.25. The predicted molar refractivity (Wildman–Crippen MR) is 123 cm³/mol. The Bertz CT molecular complexity index is 1000. The lowest BCUT2D eigenvalue weighted by molar-refractivity contribution is 0.0646. The molecule has 0 radical (unpaired) electrons. The van der Waals surface area contributed by atoms with Gasteiger partial charge < -0.3 is 10.2 Å². The van der Waals surface area contributed by atoms with E-state index in [2.05, 4.69) is 21.2 Å². The van der Waals surface area contributed by atoms with Crippen molar-refractivity contribution in [1.29, 1.82) is 0 Å². The molecule has 0 spiro atoms. The number of benzene rings is 2. The lowest BCUT2D eigenvalue weighted by atomic mass is 9.92. The average molecular weight is 436 g/mol. The Kier molecular flexibility index (Phi) is 5.96. The summed E-state index contributed by atoms with van der Waals surface area (Å²) >= 11 is 0. The number of hydrogen-bond acceptors (Lipinski definition) is 3. The van der Waals surface area contributed by atoms with Gasteiger partial charge in [0, 0.05) is 49.4 Å². The number of carbonyl (C=O) groups is 2. The Morgan fingerprint density at radius 1 is 1.00 bits per heavy atom. The highest BCUT2D eigenvalue weighted by Gasteiger charge is 2.37. The Balaban J connectivity index is 1.27. The quantitative estimate of drug-likeness (QED) is 0.753. The second-order valence-electron chi connectivity index (χ2n) is 9.16. The van der Waals surface area contributed by atoms with Crippen molar-refractivity contribution >= 4 is 11.8 Å². The van der Waals surface area contributed by atoms with E-state index in [4.69, 9.17) is 0 Å². The lowest BCUT2D eigenvalue weighted by Crippen LogP contribution is -2.47. The highest BCUT2D eigenvalue weighted by molar-refractivity contribution is 5.98. The van der Waals surface area contributed by atoms with Crippen molar-refractivity contribution < 1.29 is 14.0 Å². The van der Waals surface area contributed by atoms with Crippen molar-refractivity contribution in [2.45, 2.75) is 44.2 Å². The van der Waals surface area contributed by atoms with Crippen LogP contribution in [0.25, 0.3) is 11.1 Å². The van der Waals surface area contributed by atoms with Crippen molar-refractivity contribution in [1.82, 2.24) is 15.1 Å². The second kappa shape index (κ2) is 9.02. The minimum atomic E-state index is -0.575. The Morgan fingerprint density at radius 3 is 2.50 bits per heavy atom. The molecule has 2 heterocycles. The number of alkyl halides is 1. The summed E-state index contributed by atoms with van der Waals surface area (Å²) in [6.07, 6.45) is 5.93. The van der Waals surface area contributed by atoms with Crippen LogP contribution in [0.3, 0.4) is 0 Å². The maximum atomic E-state index is 13.3. The number of rotatable bonds is 6. The number of nitrogens with zero attached hydrogens (tertiary/aromatic N) is 2. The first kappa shape index (κ1) is 21.1. The molecule has 5 rings (SSSR count). The fraction of sp³-hybridized carbons (Fsp3) is 0.462. The van der Waals surface area contributed by atoms with Gasteiger partial charge in [-0.1, -0.05) is 30.7 Å². The van der Waals surface area contributed by atoms with Gasteiger partial charge in [-0.15, -0.1) is 0 Å². The van der Waals surface area contributed by atoms with Crippen LogP contribution >= 0.6 is 0 Å². The molecule has 0 aromatic heterocycles. The molecular formula is C26H30FN3O2. The van der Waals surface area contributed by atoms with Gasteiger partial charge in [0.15, 0.2) is 0 Å². The van der Waals surface area contributed by atoms with Crippen LogP contribution in [-0.4, -0.2) is 66.6 Å². The monoisotopic (exact) mass is 435 g/mol. The third-order valence-corrected chi connectivity index (χ3v) is 7.31. The molecule has 1 saturated heterocycles. The van der Waals surface area contributed by atoms with Gasteiger partial charge in [0.1, 0.15) is 6.67 Å². The summed E-state index contributed by atoms with van der Waals surface area (Å²) in [4.78, 5) is 29.9. The van der Waals surface area contributed by atoms with Crippen LogP contribution in [0, 0.1) is 0 Å². The van der Waals surface area contributed by atoms with Crippen LogP contribution in [0.15, 0.2) is 42.5 Å². The Hall–Kier alpha value is -2.73. The molecule has 2 aliphatic heterocycles. The van der Waals surface area contributed by atoms with E-state index in [0.29, 0.717) is 11.6 Å². The third-order valence-electron chi connectivity index (χ3n) is 7.31. The first-order valence-electron chi connectivity index (χ1n) is 11.8. The van der Waals surface area contributed by atoms with E-state index >= 15 is 0 Å². The Labute approximate surface area is 188 Å². The van der Waals surface area contributed by atoms with Gasteiger partial charge in [-0.2, -0.15) is 0 Å². The standard InChI is InChI=1S/C26H30FN3O2/c27-12-13-28-25(31)19-6-4-18(5-7-19)20-8-9-24-21(16-20)10-15-30(26(24)32)23-11-14-29(17-23)22-2-1-3-22/h4-9,16,22-23H,1-3,10-15,17H2,(H,28,31)/t23-/m0/s1. The van der Waals surface area contributed by atoms with E-state index < -0.39 is 6.67 Å². The number of fused-ring (bicyclic) bond motifs is 1. The van der Waals surface area contributed by atoms with E-state index in [1.165, 1.54) is 19.3 Å². The van der Waals surface area contributed by atoms with E-state index in [1.54, 1.807) is 12.1 Å². The largest absolute Gasteiger partial charge is 0.349 e. The molecule has 168 valence electrons. The third kappa shape index (κ3) is 4.04. The summed E-state index contributed by atoms with van der Waals surface area (Å²) in [5.74, 6) is -0.105. The van der Waals surface area contributed by atoms with Crippen LogP contribution in [0.5, 0.6) is 0 Å². The number of likely N-dealkylation sites (tertiary alicyclic amines) is 1. The zero-order chi connectivity index (χ0) is 22.1. The SMILES string of the molecule is O=C(NCCF)c1ccc(-c2ccc3c(c2)CCN([C@H]2CCN(C4CCC4)C2)C3=O)cc1. The molecule has 5 nitrogen and oxygen atoms in total. The summed E-state index contributed by atoms with van der Waals surface area (Å²) in [6.45, 7) is 2.37. The summed E-state index contributed by atoms with van der Waals surface area (Å²) < 4.78 is 12.3. The molecule has 1 aliphatic carbocycles. The van der Waals surface area contributed by atoms with E-state index in [-0.39, 0.29) is 18.4 Å². The smallest absolute Gasteiger partial charge is 0.254 e. The molecule has 6 heteroatoms. The van der Waals surface area contributed by atoms with Crippen LogP contribution in [0.4, 0.5) is 4.39 Å². The minimum Gasteiger partial charge on any atom is -0.349 e. The highest BCUT2D eigenvalue weighted by Crippen LogP contribution is 2.32. The predicted octanol–water partition coefficient (Wildman–Crippen LogP) is 3.68. The van der Waals surface area contributed by atoms with Gasteiger partial charge >= 0.3 is 0 Å². The molecule has 2 fully saturated rings. The van der Waals surface area contributed by atoms with Crippen molar-refractivity contribution in [2.24, 2.45) is 0 Å². The molecule has 0 bridgehead atoms. The summed E-state index contributed by atoms with van der Waals surface area (Å²) in [7, 11) is 0. The zero-order valence-electron chi connectivity index (χ0n) is 18.4. The molecule has 1 N–H and O–H groups in total. The van der Waals surface area contributed by atoms with Gasteiger partial charge in [0.2, 0.25) is 0 Å². The molecule has 1 saturated carbocycles.